The molecule has 2 nitrogen and oxygen atoms in total. The Bertz CT molecular complexity index is 708. The summed E-state index contributed by atoms with van der Waals surface area (Å²) in [7, 11) is 4.01. The highest BCUT2D eigenvalue weighted by Gasteiger charge is 2.46. The van der Waals surface area contributed by atoms with E-state index in [1.54, 1.807) is 7.11 Å². The summed E-state index contributed by atoms with van der Waals surface area (Å²) in [6, 6.07) is 16.1. The summed E-state index contributed by atoms with van der Waals surface area (Å²) in [6.45, 7) is 2.36. The van der Waals surface area contributed by atoms with Gasteiger partial charge >= 0.3 is 0 Å². The van der Waals surface area contributed by atoms with Crippen molar-refractivity contribution in [3.8, 4) is 5.75 Å². The van der Waals surface area contributed by atoms with E-state index in [4.69, 9.17) is 4.74 Å². The first-order valence-electron chi connectivity index (χ1n) is 7.63. The van der Waals surface area contributed by atoms with Gasteiger partial charge in [0.05, 0.1) is 12.6 Å². The van der Waals surface area contributed by atoms with Crippen LogP contribution in [0.25, 0.3) is 0 Å². The van der Waals surface area contributed by atoms with Gasteiger partial charge in [-0.1, -0.05) is 30.3 Å². The maximum Gasteiger partial charge on any atom is 0.119 e. The van der Waals surface area contributed by atoms with Gasteiger partial charge in [0.15, 0.2) is 0 Å². The van der Waals surface area contributed by atoms with Crippen LogP contribution in [0.1, 0.15) is 29.2 Å². The number of methoxy groups -OCH3 is 1. The standard InChI is InChI=1S/C19H21NO/c1-19-17-7-5-4-6-13(17)10-15(20(19)2)11-14-8-9-16(21-3)12-18(14)19/h4-9,12,15H,10-11H2,1-3H3. The van der Waals surface area contributed by atoms with E-state index < -0.39 is 0 Å². The lowest BCUT2D eigenvalue weighted by molar-refractivity contribution is 0.0849. The summed E-state index contributed by atoms with van der Waals surface area (Å²) in [6.07, 6.45) is 2.27. The number of ether oxygens (including phenoxy) is 1. The topological polar surface area (TPSA) is 12.5 Å². The molecule has 0 aromatic heterocycles. The highest BCUT2D eigenvalue weighted by Crippen LogP contribution is 2.48. The van der Waals surface area contributed by atoms with Crippen molar-refractivity contribution in [2.75, 3.05) is 14.2 Å². The van der Waals surface area contributed by atoms with Gasteiger partial charge in [0, 0.05) is 6.04 Å². The first-order valence-corrected chi connectivity index (χ1v) is 7.63. The lowest BCUT2D eigenvalue weighted by atomic mass is 9.69. The lowest BCUT2D eigenvalue weighted by Gasteiger charge is -2.53. The SMILES string of the molecule is COc1ccc2c(c1)C1(C)c3ccccc3CC(C2)N1C. The molecule has 4 rings (SSSR count). The van der Waals surface area contributed by atoms with E-state index in [0.717, 1.165) is 18.6 Å². The van der Waals surface area contributed by atoms with Gasteiger partial charge < -0.3 is 4.74 Å². The van der Waals surface area contributed by atoms with Gasteiger partial charge in [-0.3, -0.25) is 4.90 Å². The molecule has 21 heavy (non-hydrogen) atoms. The van der Waals surface area contributed by atoms with E-state index >= 15 is 0 Å². The Morgan fingerprint density at radius 1 is 1.05 bits per heavy atom. The van der Waals surface area contributed by atoms with Gasteiger partial charge in [-0.2, -0.15) is 0 Å². The smallest absolute Gasteiger partial charge is 0.119 e. The van der Waals surface area contributed by atoms with Gasteiger partial charge in [0.25, 0.3) is 0 Å². The van der Waals surface area contributed by atoms with E-state index in [2.05, 4.69) is 61.3 Å². The van der Waals surface area contributed by atoms with Crippen molar-refractivity contribution in [3.63, 3.8) is 0 Å². The van der Waals surface area contributed by atoms with Crippen LogP contribution in [0.5, 0.6) is 5.75 Å². The van der Waals surface area contributed by atoms with Crippen molar-refractivity contribution in [2.45, 2.75) is 31.3 Å². The Morgan fingerprint density at radius 3 is 2.52 bits per heavy atom. The van der Waals surface area contributed by atoms with Crippen molar-refractivity contribution in [1.82, 2.24) is 4.90 Å². The van der Waals surface area contributed by atoms with Gasteiger partial charge in [-0.25, -0.2) is 0 Å². The number of fused-ring (bicyclic) bond motifs is 6. The van der Waals surface area contributed by atoms with Gasteiger partial charge in [0.2, 0.25) is 0 Å². The molecule has 2 atom stereocenters. The van der Waals surface area contributed by atoms with Gasteiger partial charge in [-0.05, 0) is 61.2 Å². The number of benzene rings is 2. The van der Waals surface area contributed by atoms with Crippen LogP contribution in [0.3, 0.4) is 0 Å². The third kappa shape index (κ3) is 1.63. The second-order valence-electron chi connectivity index (χ2n) is 6.43. The molecule has 2 unspecified atom stereocenters. The Hall–Kier alpha value is -1.80. The first-order chi connectivity index (χ1) is 10.1. The molecule has 2 aliphatic heterocycles. The number of nitrogens with zero attached hydrogens (tertiary/aromatic N) is 1. The van der Waals surface area contributed by atoms with Crippen LogP contribution in [0, 0.1) is 0 Å². The van der Waals surface area contributed by atoms with Gasteiger partial charge in [0.1, 0.15) is 5.75 Å². The van der Waals surface area contributed by atoms with Crippen LogP contribution in [0.15, 0.2) is 42.5 Å². The Morgan fingerprint density at radius 2 is 1.76 bits per heavy atom. The molecule has 0 fully saturated rings. The minimum atomic E-state index is -0.0539. The summed E-state index contributed by atoms with van der Waals surface area (Å²) in [5.41, 5.74) is 5.75. The zero-order valence-electron chi connectivity index (χ0n) is 12.9. The fourth-order valence-corrected chi connectivity index (χ4v) is 4.23. The van der Waals surface area contributed by atoms with Crippen LogP contribution >= 0.6 is 0 Å². The van der Waals surface area contributed by atoms with Crippen molar-refractivity contribution in [3.05, 3.63) is 64.7 Å². The molecule has 0 saturated heterocycles. The zero-order valence-corrected chi connectivity index (χ0v) is 12.9. The molecule has 0 N–H and O–H groups in total. The van der Waals surface area contributed by atoms with E-state index in [1.807, 2.05) is 0 Å². The van der Waals surface area contributed by atoms with E-state index in [9.17, 15) is 0 Å². The normalized spacial score (nSPS) is 26.9. The second kappa shape index (κ2) is 4.35. The molecule has 0 radical (unpaired) electrons. The average Bonchev–Trinajstić information content (AvgIpc) is 2.51. The van der Waals surface area contributed by atoms with Crippen molar-refractivity contribution >= 4 is 0 Å². The minimum absolute atomic E-state index is 0.0539. The van der Waals surface area contributed by atoms with E-state index in [0.29, 0.717) is 6.04 Å². The molecule has 108 valence electrons. The molecular formula is C19H21NO. The van der Waals surface area contributed by atoms with E-state index in [1.165, 1.54) is 22.3 Å². The van der Waals surface area contributed by atoms with Crippen LogP contribution in [0.2, 0.25) is 0 Å². The molecule has 0 aliphatic carbocycles. The average molecular weight is 279 g/mol. The quantitative estimate of drug-likeness (QED) is 0.793. The molecule has 2 heterocycles. The number of hydrogen-bond acceptors (Lipinski definition) is 2. The Kier molecular flexibility index (Phi) is 2.67. The van der Waals surface area contributed by atoms with Gasteiger partial charge in [-0.15, -0.1) is 0 Å². The Balaban J connectivity index is 2.01. The fraction of sp³-hybridized carbons (Fsp3) is 0.368. The minimum Gasteiger partial charge on any atom is -0.497 e. The highest BCUT2D eigenvalue weighted by molar-refractivity contribution is 5.52. The van der Waals surface area contributed by atoms with Crippen LogP contribution in [-0.2, 0) is 18.4 Å². The summed E-state index contributed by atoms with van der Waals surface area (Å²) < 4.78 is 5.47. The summed E-state index contributed by atoms with van der Waals surface area (Å²) in [5, 5.41) is 0. The molecule has 2 heteroatoms. The lowest BCUT2D eigenvalue weighted by Crippen LogP contribution is -2.56. The highest BCUT2D eigenvalue weighted by atomic mass is 16.5. The molecule has 2 bridgehead atoms. The number of hydrogen-bond donors (Lipinski definition) is 0. The molecule has 0 spiro atoms. The summed E-state index contributed by atoms with van der Waals surface area (Å²) in [4.78, 5) is 2.55. The van der Waals surface area contributed by atoms with Crippen molar-refractivity contribution < 1.29 is 4.74 Å². The summed E-state index contributed by atoms with van der Waals surface area (Å²) in [5.74, 6) is 0.949. The monoisotopic (exact) mass is 279 g/mol. The zero-order chi connectivity index (χ0) is 14.6. The van der Waals surface area contributed by atoms with Crippen LogP contribution in [-0.4, -0.2) is 25.1 Å². The Labute approximate surface area is 126 Å². The largest absolute Gasteiger partial charge is 0.497 e. The van der Waals surface area contributed by atoms with Crippen LogP contribution in [0.4, 0.5) is 0 Å². The van der Waals surface area contributed by atoms with Crippen LogP contribution < -0.4 is 4.74 Å². The van der Waals surface area contributed by atoms with Crippen molar-refractivity contribution in [1.29, 1.82) is 0 Å². The summed E-state index contributed by atoms with van der Waals surface area (Å²) >= 11 is 0. The molecule has 2 aliphatic rings. The number of likely N-dealkylation sites (N-methyl/N-ethyl adjacent to an activating group) is 1. The fourth-order valence-electron chi connectivity index (χ4n) is 4.23. The molecule has 2 aromatic carbocycles. The predicted molar refractivity (Wildman–Crippen MR) is 84.8 cm³/mol. The predicted octanol–water partition coefficient (Wildman–Crippen LogP) is 3.37. The van der Waals surface area contributed by atoms with E-state index in [-0.39, 0.29) is 5.54 Å². The molecule has 0 amide bonds. The maximum absolute atomic E-state index is 5.47. The molecular weight excluding hydrogens is 258 g/mol. The second-order valence-corrected chi connectivity index (χ2v) is 6.43. The molecule has 2 aromatic rings. The third-order valence-electron chi connectivity index (χ3n) is 5.55. The number of rotatable bonds is 1. The molecule has 0 saturated carbocycles. The first kappa shape index (κ1) is 12.9. The third-order valence-corrected chi connectivity index (χ3v) is 5.55. The maximum atomic E-state index is 5.47. The van der Waals surface area contributed by atoms with Crippen molar-refractivity contribution in [2.24, 2.45) is 0 Å².